The van der Waals surface area contributed by atoms with E-state index in [1.165, 1.54) is 12.4 Å². The van der Waals surface area contributed by atoms with Crippen LogP contribution in [0.2, 0.25) is 0 Å². The van der Waals surface area contributed by atoms with Gasteiger partial charge in [0, 0.05) is 29.7 Å². The number of ether oxygens (including phenoxy) is 2. The van der Waals surface area contributed by atoms with E-state index in [-0.39, 0.29) is 18.2 Å². The maximum Gasteiger partial charge on any atom is 0.258 e. The summed E-state index contributed by atoms with van der Waals surface area (Å²) < 4.78 is 10.5. The average molecular weight is 314 g/mol. The molecule has 2 heterocycles. The summed E-state index contributed by atoms with van der Waals surface area (Å²) in [5.74, 6) is 1.48. The van der Waals surface area contributed by atoms with Gasteiger partial charge in [-0.15, -0.1) is 0 Å². The number of hydrogen-bond acceptors (Lipinski definition) is 6. The standard InChI is InChI=1S/C16H18N4O3/c1-16(2,3)20-15-17-7-10(8-18-15)14(21)19-11-4-5-12-13(6-11)23-9-22-12/h4-8H,9H2,1-3H3,(H,19,21)(H,17,18,20). The Hall–Kier alpha value is -2.83. The Bertz CT molecular complexity index is 723. The highest BCUT2D eigenvalue weighted by molar-refractivity contribution is 6.04. The highest BCUT2D eigenvalue weighted by atomic mass is 16.7. The number of hydrogen-bond donors (Lipinski definition) is 2. The molecule has 7 nitrogen and oxygen atoms in total. The van der Waals surface area contributed by atoms with Gasteiger partial charge in [0.25, 0.3) is 5.91 Å². The highest BCUT2D eigenvalue weighted by Gasteiger charge is 2.15. The van der Waals surface area contributed by atoms with E-state index in [0.29, 0.717) is 28.7 Å². The number of fused-ring (bicyclic) bond motifs is 1. The molecule has 0 spiro atoms. The van der Waals surface area contributed by atoms with Crippen LogP contribution in [0.3, 0.4) is 0 Å². The number of aromatic nitrogens is 2. The molecule has 0 bridgehead atoms. The van der Waals surface area contributed by atoms with E-state index < -0.39 is 0 Å². The smallest absolute Gasteiger partial charge is 0.258 e. The maximum absolute atomic E-state index is 12.2. The average Bonchev–Trinajstić information content (AvgIpc) is 2.94. The molecule has 1 aromatic carbocycles. The van der Waals surface area contributed by atoms with Crippen LogP contribution in [0, 0.1) is 0 Å². The number of amides is 1. The molecular formula is C16H18N4O3. The van der Waals surface area contributed by atoms with Gasteiger partial charge in [-0.05, 0) is 32.9 Å². The van der Waals surface area contributed by atoms with Crippen LogP contribution in [-0.2, 0) is 0 Å². The molecule has 1 aliphatic heterocycles. The summed E-state index contributed by atoms with van der Waals surface area (Å²) in [6.45, 7) is 6.23. The maximum atomic E-state index is 12.2. The van der Waals surface area contributed by atoms with Crippen LogP contribution in [0.25, 0.3) is 0 Å². The normalized spacial score (nSPS) is 12.8. The minimum atomic E-state index is -0.286. The molecule has 0 saturated heterocycles. The summed E-state index contributed by atoms with van der Waals surface area (Å²) in [6.07, 6.45) is 2.98. The molecule has 23 heavy (non-hydrogen) atoms. The van der Waals surface area contributed by atoms with Crippen LogP contribution < -0.4 is 20.1 Å². The predicted molar refractivity (Wildman–Crippen MR) is 85.9 cm³/mol. The van der Waals surface area contributed by atoms with E-state index in [0.717, 1.165) is 0 Å². The van der Waals surface area contributed by atoms with Crippen molar-refractivity contribution in [2.75, 3.05) is 17.4 Å². The first-order valence-electron chi connectivity index (χ1n) is 7.22. The zero-order chi connectivity index (χ0) is 16.4. The molecule has 0 aliphatic carbocycles. The minimum Gasteiger partial charge on any atom is -0.454 e. The third-order valence-corrected chi connectivity index (χ3v) is 3.03. The van der Waals surface area contributed by atoms with Crippen molar-refractivity contribution in [2.45, 2.75) is 26.3 Å². The number of carbonyl (C=O) groups excluding carboxylic acids is 1. The zero-order valence-corrected chi connectivity index (χ0v) is 13.2. The lowest BCUT2D eigenvalue weighted by atomic mass is 10.1. The molecule has 0 atom stereocenters. The summed E-state index contributed by atoms with van der Waals surface area (Å²) in [5, 5.41) is 5.92. The SMILES string of the molecule is CC(C)(C)Nc1ncc(C(=O)Nc2ccc3c(c2)OCO3)cn1. The molecule has 0 saturated carbocycles. The van der Waals surface area contributed by atoms with Crippen molar-refractivity contribution < 1.29 is 14.3 Å². The molecule has 1 amide bonds. The fraction of sp³-hybridized carbons (Fsp3) is 0.312. The van der Waals surface area contributed by atoms with Crippen molar-refractivity contribution in [1.82, 2.24) is 9.97 Å². The van der Waals surface area contributed by atoms with Gasteiger partial charge in [-0.1, -0.05) is 0 Å². The molecule has 7 heteroatoms. The first-order valence-corrected chi connectivity index (χ1v) is 7.22. The van der Waals surface area contributed by atoms with Crippen molar-refractivity contribution >= 4 is 17.5 Å². The van der Waals surface area contributed by atoms with E-state index in [1.54, 1.807) is 18.2 Å². The number of anilines is 2. The molecule has 120 valence electrons. The third-order valence-electron chi connectivity index (χ3n) is 3.03. The van der Waals surface area contributed by atoms with Gasteiger partial charge in [-0.3, -0.25) is 4.79 Å². The molecule has 3 rings (SSSR count). The lowest BCUT2D eigenvalue weighted by Crippen LogP contribution is -2.27. The number of carbonyl (C=O) groups is 1. The van der Waals surface area contributed by atoms with Crippen molar-refractivity contribution in [3.05, 3.63) is 36.2 Å². The molecule has 1 aliphatic rings. The topological polar surface area (TPSA) is 85.4 Å². The van der Waals surface area contributed by atoms with Gasteiger partial charge in [-0.25, -0.2) is 9.97 Å². The first kappa shape index (κ1) is 15.1. The molecular weight excluding hydrogens is 296 g/mol. The van der Waals surface area contributed by atoms with E-state index in [4.69, 9.17) is 9.47 Å². The Morgan fingerprint density at radius 1 is 1.13 bits per heavy atom. The fourth-order valence-electron chi connectivity index (χ4n) is 2.02. The van der Waals surface area contributed by atoms with E-state index >= 15 is 0 Å². The van der Waals surface area contributed by atoms with Gasteiger partial charge in [0.15, 0.2) is 11.5 Å². The van der Waals surface area contributed by atoms with Crippen LogP contribution >= 0.6 is 0 Å². The minimum absolute atomic E-state index is 0.143. The number of rotatable bonds is 3. The van der Waals surface area contributed by atoms with Gasteiger partial charge in [0.1, 0.15) is 0 Å². The molecule has 1 aromatic heterocycles. The van der Waals surface area contributed by atoms with E-state index in [2.05, 4.69) is 20.6 Å². The Labute approximate surface area is 134 Å². The van der Waals surface area contributed by atoms with Gasteiger partial charge >= 0.3 is 0 Å². The Morgan fingerprint density at radius 2 is 1.83 bits per heavy atom. The van der Waals surface area contributed by atoms with Gasteiger partial charge in [-0.2, -0.15) is 0 Å². The Balaban J connectivity index is 1.68. The monoisotopic (exact) mass is 314 g/mol. The summed E-state index contributed by atoms with van der Waals surface area (Å²) in [7, 11) is 0. The molecule has 2 N–H and O–H groups in total. The third kappa shape index (κ3) is 3.68. The van der Waals surface area contributed by atoms with Crippen molar-refractivity contribution in [1.29, 1.82) is 0 Å². The molecule has 2 aromatic rings. The van der Waals surface area contributed by atoms with Crippen LogP contribution in [0.15, 0.2) is 30.6 Å². The summed E-state index contributed by atoms with van der Waals surface area (Å²) >= 11 is 0. The fourth-order valence-corrected chi connectivity index (χ4v) is 2.02. The second kappa shape index (κ2) is 5.75. The zero-order valence-electron chi connectivity index (χ0n) is 13.2. The molecule has 0 fully saturated rings. The predicted octanol–water partition coefficient (Wildman–Crippen LogP) is 2.67. The number of nitrogens with one attached hydrogen (secondary N) is 2. The molecule has 0 radical (unpaired) electrons. The Morgan fingerprint density at radius 3 is 2.52 bits per heavy atom. The number of nitrogens with zero attached hydrogens (tertiary/aromatic N) is 2. The quantitative estimate of drug-likeness (QED) is 0.906. The second-order valence-electron chi connectivity index (χ2n) is 6.19. The Kier molecular flexibility index (Phi) is 3.77. The largest absolute Gasteiger partial charge is 0.454 e. The van der Waals surface area contributed by atoms with Crippen LogP contribution in [-0.4, -0.2) is 28.2 Å². The van der Waals surface area contributed by atoms with Gasteiger partial charge in [0.2, 0.25) is 12.7 Å². The van der Waals surface area contributed by atoms with Gasteiger partial charge in [0.05, 0.1) is 5.56 Å². The summed E-state index contributed by atoms with van der Waals surface area (Å²) in [5.41, 5.74) is 0.856. The lowest BCUT2D eigenvalue weighted by molar-refractivity contribution is 0.102. The highest BCUT2D eigenvalue weighted by Crippen LogP contribution is 2.34. The van der Waals surface area contributed by atoms with E-state index in [9.17, 15) is 4.79 Å². The lowest BCUT2D eigenvalue weighted by Gasteiger charge is -2.20. The summed E-state index contributed by atoms with van der Waals surface area (Å²) in [6, 6.07) is 5.23. The van der Waals surface area contributed by atoms with Crippen LogP contribution in [0.5, 0.6) is 11.5 Å². The van der Waals surface area contributed by atoms with Crippen LogP contribution in [0.1, 0.15) is 31.1 Å². The van der Waals surface area contributed by atoms with Crippen molar-refractivity contribution in [3.8, 4) is 11.5 Å². The van der Waals surface area contributed by atoms with Crippen molar-refractivity contribution in [2.24, 2.45) is 0 Å². The first-order chi connectivity index (χ1) is 10.9. The molecule has 0 unspecified atom stereocenters. The number of benzene rings is 1. The van der Waals surface area contributed by atoms with Gasteiger partial charge < -0.3 is 20.1 Å². The van der Waals surface area contributed by atoms with Crippen molar-refractivity contribution in [3.63, 3.8) is 0 Å². The van der Waals surface area contributed by atoms with E-state index in [1.807, 2.05) is 20.8 Å². The summed E-state index contributed by atoms with van der Waals surface area (Å²) in [4.78, 5) is 20.5. The van der Waals surface area contributed by atoms with Crippen LogP contribution in [0.4, 0.5) is 11.6 Å². The second-order valence-corrected chi connectivity index (χ2v) is 6.19.